The van der Waals surface area contributed by atoms with Crippen LogP contribution in [0.5, 0.6) is 0 Å². The summed E-state index contributed by atoms with van der Waals surface area (Å²) in [5.74, 6) is -0.317. The Morgan fingerprint density at radius 2 is 1.79 bits per heavy atom. The van der Waals surface area contributed by atoms with E-state index in [1.807, 2.05) is 69.8 Å². The summed E-state index contributed by atoms with van der Waals surface area (Å²) in [5.41, 5.74) is 0.0720. The number of nitrogens with zero attached hydrogens (tertiary/aromatic N) is 3. The maximum Gasteiger partial charge on any atom is 0.257 e. The van der Waals surface area contributed by atoms with Crippen molar-refractivity contribution in [2.24, 2.45) is 5.41 Å². The van der Waals surface area contributed by atoms with Crippen molar-refractivity contribution in [2.45, 2.75) is 52.3 Å². The monoisotopic (exact) mass is 458 g/mol. The minimum absolute atomic E-state index is 0.0881. The lowest BCUT2D eigenvalue weighted by atomic mass is 9.91. The van der Waals surface area contributed by atoms with Crippen LogP contribution in [0.1, 0.15) is 49.5 Å². The lowest BCUT2D eigenvalue weighted by molar-refractivity contribution is -0.150. The van der Waals surface area contributed by atoms with Crippen LogP contribution in [0.3, 0.4) is 0 Å². The first-order chi connectivity index (χ1) is 15.5. The van der Waals surface area contributed by atoms with Crippen LogP contribution < -0.4 is 5.32 Å². The third-order valence-corrected chi connectivity index (χ3v) is 6.49. The Morgan fingerprint density at radius 3 is 2.36 bits per heavy atom. The van der Waals surface area contributed by atoms with Crippen molar-refractivity contribution in [3.05, 3.63) is 35.4 Å². The molecule has 1 aromatic carbocycles. The van der Waals surface area contributed by atoms with Gasteiger partial charge in [-0.2, -0.15) is 0 Å². The maximum absolute atomic E-state index is 13.8. The van der Waals surface area contributed by atoms with Crippen LogP contribution in [0.25, 0.3) is 0 Å². The molecule has 0 saturated carbocycles. The summed E-state index contributed by atoms with van der Waals surface area (Å²) in [5, 5.41) is 2.96. The van der Waals surface area contributed by atoms with Crippen LogP contribution in [0.15, 0.2) is 24.3 Å². The molecule has 8 nitrogen and oxygen atoms in total. The van der Waals surface area contributed by atoms with E-state index in [4.69, 9.17) is 4.74 Å². The zero-order chi connectivity index (χ0) is 24.4. The summed E-state index contributed by atoms with van der Waals surface area (Å²) in [7, 11) is 3.89. The van der Waals surface area contributed by atoms with Gasteiger partial charge in [0.2, 0.25) is 11.8 Å². The highest BCUT2D eigenvalue weighted by molar-refractivity contribution is 5.99. The predicted molar refractivity (Wildman–Crippen MR) is 127 cm³/mol. The van der Waals surface area contributed by atoms with E-state index in [1.54, 1.807) is 11.0 Å². The van der Waals surface area contributed by atoms with Gasteiger partial charge in [0.05, 0.1) is 6.61 Å². The number of carbonyl (C=O) groups is 3. The normalized spacial score (nSPS) is 20.4. The molecule has 8 heteroatoms. The molecule has 2 heterocycles. The molecule has 2 aliphatic heterocycles. The Kier molecular flexibility index (Phi) is 7.49. The van der Waals surface area contributed by atoms with Crippen molar-refractivity contribution in [1.82, 2.24) is 20.0 Å². The fourth-order valence-electron chi connectivity index (χ4n) is 4.56. The second kappa shape index (κ2) is 9.81. The number of piperidine rings is 1. The number of amides is 3. The summed E-state index contributed by atoms with van der Waals surface area (Å²) < 4.78 is 6.25. The number of carbonyl (C=O) groups excluding carboxylic acids is 3. The van der Waals surface area contributed by atoms with Crippen molar-refractivity contribution >= 4 is 17.7 Å². The zero-order valence-electron chi connectivity index (χ0n) is 20.8. The van der Waals surface area contributed by atoms with Crippen molar-refractivity contribution in [2.75, 3.05) is 46.9 Å². The van der Waals surface area contributed by atoms with Gasteiger partial charge in [-0.3, -0.25) is 19.3 Å². The maximum atomic E-state index is 13.8. The Hall–Kier alpha value is -2.45. The van der Waals surface area contributed by atoms with Crippen LogP contribution in [0.2, 0.25) is 0 Å². The first-order valence-corrected chi connectivity index (χ1v) is 11.7. The van der Waals surface area contributed by atoms with Gasteiger partial charge in [0.1, 0.15) is 11.8 Å². The molecule has 1 unspecified atom stereocenters. The molecule has 2 fully saturated rings. The molecule has 182 valence electrons. The SMILES string of the molecule is Cc1ccccc1C(=O)N1C(C(=O)NCCN(C)C)COC12CCN(C(=O)C(C)(C)C)CC2. The standard InChI is InChI=1S/C25H38N4O4/c1-18-9-7-8-10-19(18)22(31)29-20(21(30)26-13-16-27(5)6)17-33-25(29)11-14-28(15-12-25)23(32)24(2,3)4/h7-10,20H,11-17H2,1-6H3,(H,26,30). The summed E-state index contributed by atoms with van der Waals surface area (Å²) in [4.78, 5) is 45.2. The molecule has 33 heavy (non-hydrogen) atoms. The van der Waals surface area contributed by atoms with Gasteiger partial charge < -0.3 is 19.9 Å². The summed E-state index contributed by atoms with van der Waals surface area (Å²) in [6.45, 7) is 9.96. The van der Waals surface area contributed by atoms with Crippen LogP contribution in [0.4, 0.5) is 0 Å². The average molecular weight is 459 g/mol. The van der Waals surface area contributed by atoms with Gasteiger partial charge in [-0.1, -0.05) is 39.0 Å². The molecule has 1 spiro atoms. The highest BCUT2D eigenvalue weighted by atomic mass is 16.5. The van der Waals surface area contributed by atoms with E-state index < -0.39 is 17.2 Å². The van der Waals surface area contributed by atoms with Gasteiger partial charge in [0.25, 0.3) is 5.91 Å². The first-order valence-electron chi connectivity index (χ1n) is 11.7. The van der Waals surface area contributed by atoms with Gasteiger partial charge in [0, 0.05) is 50.0 Å². The van der Waals surface area contributed by atoms with Crippen LogP contribution in [0, 0.1) is 12.3 Å². The lowest BCUT2D eigenvalue weighted by Gasteiger charge is -2.45. The molecule has 2 saturated heterocycles. The van der Waals surface area contributed by atoms with Gasteiger partial charge in [-0.05, 0) is 32.6 Å². The number of benzene rings is 1. The second-order valence-corrected chi connectivity index (χ2v) is 10.4. The molecule has 3 rings (SSSR count). The van der Waals surface area contributed by atoms with E-state index in [2.05, 4.69) is 5.32 Å². The molecule has 2 aliphatic rings. The number of likely N-dealkylation sites (N-methyl/N-ethyl adjacent to an activating group) is 1. The lowest BCUT2D eigenvalue weighted by Crippen LogP contribution is -2.60. The van der Waals surface area contributed by atoms with E-state index in [-0.39, 0.29) is 24.3 Å². The Bertz CT molecular complexity index is 885. The Labute approximate surface area is 197 Å². The highest BCUT2D eigenvalue weighted by Gasteiger charge is 2.54. The topological polar surface area (TPSA) is 82.2 Å². The molecular weight excluding hydrogens is 420 g/mol. The smallest absolute Gasteiger partial charge is 0.257 e. The fraction of sp³-hybridized carbons (Fsp3) is 0.640. The Balaban J connectivity index is 1.85. The number of aryl methyl sites for hydroxylation is 1. The molecule has 0 bridgehead atoms. The molecular formula is C25H38N4O4. The molecule has 1 N–H and O–H groups in total. The number of hydrogen-bond donors (Lipinski definition) is 1. The number of rotatable bonds is 5. The number of nitrogens with one attached hydrogen (secondary N) is 1. The largest absolute Gasteiger partial charge is 0.353 e. The van der Waals surface area contributed by atoms with Crippen molar-refractivity contribution in [3.63, 3.8) is 0 Å². The summed E-state index contributed by atoms with van der Waals surface area (Å²) in [6, 6.07) is 6.71. The van der Waals surface area contributed by atoms with Crippen molar-refractivity contribution in [3.8, 4) is 0 Å². The predicted octanol–water partition coefficient (Wildman–Crippen LogP) is 1.88. The third-order valence-electron chi connectivity index (χ3n) is 6.49. The minimum atomic E-state index is -0.891. The summed E-state index contributed by atoms with van der Waals surface area (Å²) in [6.07, 6.45) is 0.960. The fourth-order valence-corrected chi connectivity index (χ4v) is 4.56. The number of hydrogen-bond acceptors (Lipinski definition) is 5. The van der Waals surface area contributed by atoms with E-state index in [0.29, 0.717) is 44.6 Å². The number of likely N-dealkylation sites (tertiary alicyclic amines) is 1. The van der Waals surface area contributed by atoms with Crippen molar-refractivity contribution < 1.29 is 19.1 Å². The quantitative estimate of drug-likeness (QED) is 0.729. The van der Waals surface area contributed by atoms with E-state index in [1.165, 1.54) is 0 Å². The van der Waals surface area contributed by atoms with Gasteiger partial charge in [-0.25, -0.2) is 0 Å². The first kappa shape index (κ1) is 25.2. The Morgan fingerprint density at radius 1 is 1.15 bits per heavy atom. The molecule has 3 amide bonds. The average Bonchev–Trinajstić information content (AvgIpc) is 3.11. The third kappa shape index (κ3) is 5.38. The van der Waals surface area contributed by atoms with Gasteiger partial charge in [-0.15, -0.1) is 0 Å². The molecule has 0 radical (unpaired) electrons. The van der Waals surface area contributed by atoms with Crippen LogP contribution >= 0.6 is 0 Å². The zero-order valence-corrected chi connectivity index (χ0v) is 20.8. The van der Waals surface area contributed by atoms with Crippen molar-refractivity contribution in [1.29, 1.82) is 0 Å². The summed E-state index contributed by atoms with van der Waals surface area (Å²) >= 11 is 0. The minimum Gasteiger partial charge on any atom is -0.353 e. The highest BCUT2D eigenvalue weighted by Crippen LogP contribution is 2.39. The van der Waals surface area contributed by atoms with E-state index in [9.17, 15) is 14.4 Å². The van der Waals surface area contributed by atoms with E-state index in [0.717, 1.165) is 5.56 Å². The van der Waals surface area contributed by atoms with Crippen LogP contribution in [-0.4, -0.2) is 91.1 Å². The molecule has 1 aromatic rings. The van der Waals surface area contributed by atoms with Gasteiger partial charge >= 0.3 is 0 Å². The number of ether oxygens (including phenoxy) is 1. The van der Waals surface area contributed by atoms with Gasteiger partial charge in [0.15, 0.2) is 0 Å². The molecule has 0 aliphatic carbocycles. The molecule has 0 aromatic heterocycles. The second-order valence-electron chi connectivity index (χ2n) is 10.4. The van der Waals surface area contributed by atoms with E-state index >= 15 is 0 Å². The molecule has 1 atom stereocenters. The van der Waals surface area contributed by atoms with Crippen LogP contribution in [-0.2, 0) is 14.3 Å².